The molecule has 0 aromatic rings. The SMILES string of the molecule is C1COCC[N-]1.[Cl][Pd][Cl]. The summed E-state index contributed by atoms with van der Waals surface area (Å²) in [5, 5.41) is 4.05. The van der Waals surface area contributed by atoms with E-state index in [9.17, 15) is 0 Å². The fraction of sp³-hybridized carbons (Fsp3) is 1.00. The maximum atomic E-state index is 4.98. The number of rotatable bonds is 0. The number of hydrogen-bond acceptors (Lipinski definition) is 1. The maximum absolute atomic E-state index is 4.98. The van der Waals surface area contributed by atoms with Gasteiger partial charge in [-0.3, -0.25) is 0 Å². The van der Waals surface area contributed by atoms with E-state index < -0.39 is 0 Å². The van der Waals surface area contributed by atoms with Crippen LogP contribution in [0, 0.1) is 0 Å². The third-order valence-electron chi connectivity index (χ3n) is 0.787. The first-order valence-corrected chi connectivity index (χ1v) is 6.45. The summed E-state index contributed by atoms with van der Waals surface area (Å²) in [5.74, 6) is 0. The summed E-state index contributed by atoms with van der Waals surface area (Å²) in [6, 6.07) is 0. The minimum atomic E-state index is -0.106. The number of nitrogens with zero attached hydrogens (tertiary/aromatic N) is 1. The van der Waals surface area contributed by atoms with Crippen molar-refractivity contribution in [1.82, 2.24) is 0 Å². The van der Waals surface area contributed by atoms with Crippen LogP contribution in [0.1, 0.15) is 0 Å². The molecule has 0 spiro atoms. The molecular weight excluding hydrogens is 255 g/mol. The number of morpholine rings is 1. The fourth-order valence-electron chi connectivity index (χ4n) is 0.472. The van der Waals surface area contributed by atoms with Crippen molar-refractivity contribution in [2.24, 2.45) is 0 Å². The minimum absolute atomic E-state index is 0.106. The van der Waals surface area contributed by atoms with Gasteiger partial charge in [0.1, 0.15) is 0 Å². The summed E-state index contributed by atoms with van der Waals surface area (Å²) in [7, 11) is 9.63. The van der Waals surface area contributed by atoms with E-state index >= 15 is 0 Å². The first kappa shape index (κ1) is 10.2. The Morgan fingerprint density at radius 2 is 1.67 bits per heavy atom. The van der Waals surface area contributed by atoms with Crippen molar-refractivity contribution in [1.29, 1.82) is 0 Å². The van der Waals surface area contributed by atoms with E-state index in [2.05, 4.69) is 5.32 Å². The third kappa shape index (κ3) is 9.16. The van der Waals surface area contributed by atoms with E-state index in [-0.39, 0.29) is 15.9 Å². The summed E-state index contributed by atoms with van der Waals surface area (Å²) < 4.78 is 4.98. The Morgan fingerprint density at radius 3 is 1.78 bits per heavy atom. The molecule has 0 amide bonds. The van der Waals surface area contributed by atoms with Crippen molar-refractivity contribution in [3.63, 3.8) is 0 Å². The first-order valence-electron chi connectivity index (χ1n) is 2.45. The monoisotopic (exact) mass is 262 g/mol. The molecule has 0 N–H and O–H groups in total. The standard InChI is InChI=1S/C4H8NO.2ClH.Pd/c1-3-6-4-2-5-1;;;/h1-4H2;2*1H;/q-1;;;+2/p-2. The van der Waals surface area contributed by atoms with Gasteiger partial charge in [0.05, 0.1) is 0 Å². The molecule has 60 valence electrons. The molecule has 1 saturated heterocycles. The molecule has 1 rings (SSSR count). The molecule has 1 fully saturated rings. The average molecular weight is 263 g/mol. The molecule has 0 aromatic heterocycles. The van der Waals surface area contributed by atoms with Crippen LogP contribution in [-0.2, 0) is 20.7 Å². The molecule has 0 atom stereocenters. The molecule has 1 heterocycles. The van der Waals surface area contributed by atoms with Crippen LogP contribution in [0.15, 0.2) is 0 Å². The molecule has 5 heteroatoms. The van der Waals surface area contributed by atoms with E-state index in [1.54, 1.807) is 0 Å². The molecule has 0 bridgehead atoms. The molecule has 0 radical (unpaired) electrons. The van der Waals surface area contributed by atoms with Gasteiger partial charge in [-0.15, -0.1) is 13.1 Å². The molecule has 2 nitrogen and oxygen atoms in total. The van der Waals surface area contributed by atoms with Gasteiger partial charge in [-0.1, -0.05) is 0 Å². The van der Waals surface area contributed by atoms with Crippen molar-refractivity contribution >= 4 is 19.1 Å². The predicted octanol–water partition coefficient (Wildman–Crippen LogP) is 1.77. The summed E-state index contributed by atoms with van der Waals surface area (Å²) in [6.45, 7) is 3.47. The molecule has 1 aliphatic heterocycles. The second kappa shape index (κ2) is 9.16. The molecule has 9 heavy (non-hydrogen) atoms. The zero-order valence-corrected chi connectivity index (χ0v) is 7.82. The summed E-state index contributed by atoms with van der Waals surface area (Å²) in [4.78, 5) is 0. The van der Waals surface area contributed by atoms with Crippen LogP contribution < -0.4 is 0 Å². The average Bonchev–Trinajstić information content (AvgIpc) is 1.93. The van der Waals surface area contributed by atoms with Crippen LogP contribution in [0.5, 0.6) is 0 Å². The van der Waals surface area contributed by atoms with Gasteiger partial charge in [-0.05, 0) is 0 Å². The molecule has 0 aromatic carbocycles. The Morgan fingerprint density at radius 1 is 1.22 bits per heavy atom. The second-order valence-corrected chi connectivity index (χ2v) is 3.69. The van der Waals surface area contributed by atoms with Gasteiger partial charge in [0, 0.05) is 13.2 Å². The molecule has 0 aliphatic carbocycles. The number of hydrogen-bond donors (Lipinski definition) is 0. The zero-order chi connectivity index (χ0) is 6.95. The van der Waals surface area contributed by atoms with Crippen LogP contribution in [0.25, 0.3) is 5.32 Å². The zero-order valence-electron chi connectivity index (χ0n) is 4.76. The van der Waals surface area contributed by atoms with Crippen molar-refractivity contribution < 1.29 is 20.7 Å². The number of halogens is 2. The number of ether oxygens (including phenoxy) is 1. The van der Waals surface area contributed by atoms with Gasteiger partial charge in [-0.25, -0.2) is 0 Å². The Labute approximate surface area is 71.3 Å². The van der Waals surface area contributed by atoms with E-state index in [0.717, 1.165) is 26.3 Å². The van der Waals surface area contributed by atoms with Gasteiger partial charge in [0.15, 0.2) is 0 Å². The van der Waals surface area contributed by atoms with Crippen LogP contribution in [0.3, 0.4) is 0 Å². The van der Waals surface area contributed by atoms with Crippen LogP contribution in [-0.4, -0.2) is 26.3 Å². The van der Waals surface area contributed by atoms with E-state index in [1.165, 1.54) is 0 Å². The summed E-state index contributed by atoms with van der Waals surface area (Å²) in [5.41, 5.74) is 0. The quantitative estimate of drug-likeness (QED) is 0.611. The Hall–Kier alpha value is 1.16. The third-order valence-corrected chi connectivity index (χ3v) is 0.787. The van der Waals surface area contributed by atoms with Crippen molar-refractivity contribution in [2.75, 3.05) is 26.3 Å². The Bertz CT molecular complexity index is 42.3. The first-order chi connectivity index (χ1) is 4.41. The van der Waals surface area contributed by atoms with Crippen molar-refractivity contribution in [3.8, 4) is 0 Å². The molecule has 0 unspecified atom stereocenters. The van der Waals surface area contributed by atoms with Gasteiger partial charge in [0.25, 0.3) is 0 Å². The van der Waals surface area contributed by atoms with E-state index in [1.807, 2.05) is 0 Å². The summed E-state index contributed by atoms with van der Waals surface area (Å²) in [6.07, 6.45) is 0. The fourth-order valence-corrected chi connectivity index (χ4v) is 0.472. The molecule has 0 saturated carbocycles. The Kier molecular flexibility index (Phi) is 10.3. The van der Waals surface area contributed by atoms with Gasteiger partial charge < -0.3 is 10.1 Å². The van der Waals surface area contributed by atoms with Crippen LogP contribution in [0.2, 0.25) is 0 Å². The molecule has 1 aliphatic rings. The molecular formula is C4H8Cl2NOPd-. The second-order valence-electron chi connectivity index (χ2n) is 1.33. The normalized spacial score (nSPS) is 18.4. The van der Waals surface area contributed by atoms with Crippen LogP contribution >= 0.6 is 19.1 Å². The summed E-state index contributed by atoms with van der Waals surface area (Å²) >= 11 is -0.106. The van der Waals surface area contributed by atoms with E-state index in [4.69, 9.17) is 23.8 Å². The Balaban J connectivity index is 0.000000187. The van der Waals surface area contributed by atoms with Crippen LogP contribution in [0.4, 0.5) is 0 Å². The van der Waals surface area contributed by atoms with Gasteiger partial charge >= 0.3 is 35.0 Å². The van der Waals surface area contributed by atoms with Crippen molar-refractivity contribution in [2.45, 2.75) is 0 Å². The van der Waals surface area contributed by atoms with E-state index in [0.29, 0.717) is 0 Å². The van der Waals surface area contributed by atoms with Gasteiger partial charge in [0.2, 0.25) is 0 Å². The predicted molar refractivity (Wildman–Crippen MR) is 35.6 cm³/mol. The topological polar surface area (TPSA) is 23.3 Å². The van der Waals surface area contributed by atoms with Gasteiger partial charge in [-0.2, -0.15) is 0 Å². The van der Waals surface area contributed by atoms with Crippen molar-refractivity contribution in [3.05, 3.63) is 5.32 Å².